The third-order valence-electron chi connectivity index (χ3n) is 3.16. The predicted molar refractivity (Wildman–Crippen MR) is 91.6 cm³/mol. The number of benzene rings is 1. The van der Waals surface area contributed by atoms with E-state index < -0.39 is 29.6 Å². The standard InChI is InChI=1S/C15H13Cl2N3O6/c16-6-11(21)18-9-3-8(4-10(5-9)19-12(22)7-17)15(25)26-20-13(23)1-2-14(20)24/h3-5H,1-2,6-7H2,(H,18,21)(H,19,22). The van der Waals surface area contributed by atoms with E-state index in [1.807, 2.05) is 0 Å². The van der Waals surface area contributed by atoms with E-state index in [2.05, 4.69) is 10.6 Å². The fraction of sp³-hybridized carbons (Fsp3) is 0.267. The number of halogens is 2. The Morgan fingerprint density at radius 2 is 1.38 bits per heavy atom. The van der Waals surface area contributed by atoms with Gasteiger partial charge < -0.3 is 15.5 Å². The molecule has 0 aliphatic carbocycles. The molecule has 2 N–H and O–H groups in total. The van der Waals surface area contributed by atoms with Crippen LogP contribution in [-0.2, 0) is 24.0 Å². The average Bonchev–Trinajstić information content (AvgIpc) is 2.93. The fourth-order valence-corrected chi connectivity index (χ4v) is 2.21. The van der Waals surface area contributed by atoms with Crippen LogP contribution in [0.1, 0.15) is 23.2 Å². The molecule has 1 aliphatic rings. The second-order valence-electron chi connectivity index (χ2n) is 5.12. The zero-order valence-corrected chi connectivity index (χ0v) is 14.7. The largest absolute Gasteiger partial charge is 0.364 e. The lowest BCUT2D eigenvalue weighted by molar-refractivity contribution is -0.172. The number of hydrogen-bond donors (Lipinski definition) is 2. The van der Waals surface area contributed by atoms with Gasteiger partial charge in [0, 0.05) is 24.2 Å². The molecule has 2 rings (SSSR count). The van der Waals surface area contributed by atoms with Gasteiger partial charge >= 0.3 is 5.97 Å². The van der Waals surface area contributed by atoms with Gasteiger partial charge in [0.1, 0.15) is 11.8 Å². The Hall–Kier alpha value is -2.65. The van der Waals surface area contributed by atoms with Gasteiger partial charge in [-0.25, -0.2) is 4.79 Å². The average molecular weight is 402 g/mol. The summed E-state index contributed by atoms with van der Waals surface area (Å²) >= 11 is 10.8. The van der Waals surface area contributed by atoms with Crippen molar-refractivity contribution in [2.75, 3.05) is 22.4 Å². The van der Waals surface area contributed by atoms with E-state index >= 15 is 0 Å². The summed E-state index contributed by atoms with van der Waals surface area (Å²) < 4.78 is 0. The number of nitrogens with zero attached hydrogens (tertiary/aromatic N) is 1. The first kappa shape index (κ1) is 19.7. The summed E-state index contributed by atoms with van der Waals surface area (Å²) in [5, 5.41) is 5.23. The van der Waals surface area contributed by atoms with Gasteiger partial charge in [0.05, 0.1) is 5.56 Å². The zero-order valence-electron chi connectivity index (χ0n) is 13.2. The minimum Gasteiger partial charge on any atom is -0.325 e. The highest BCUT2D eigenvalue weighted by Gasteiger charge is 2.33. The number of alkyl halides is 2. The van der Waals surface area contributed by atoms with Crippen molar-refractivity contribution in [3.63, 3.8) is 0 Å². The van der Waals surface area contributed by atoms with E-state index in [4.69, 9.17) is 28.0 Å². The molecule has 1 aliphatic heterocycles. The number of anilines is 2. The van der Waals surface area contributed by atoms with Crippen LogP contribution in [0.25, 0.3) is 0 Å². The third kappa shape index (κ3) is 4.93. The first-order chi connectivity index (χ1) is 12.3. The Morgan fingerprint density at radius 1 is 0.923 bits per heavy atom. The number of hydroxylamine groups is 2. The Balaban J connectivity index is 2.27. The Bertz CT molecular complexity index is 730. The molecule has 1 saturated heterocycles. The zero-order chi connectivity index (χ0) is 19.3. The van der Waals surface area contributed by atoms with Gasteiger partial charge in [0.15, 0.2) is 0 Å². The lowest BCUT2D eigenvalue weighted by atomic mass is 10.1. The molecule has 1 aromatic carbocycles. The van der Waals surface area contributed by atoms with E-state index in [9.17, 15) is 24.0 Å². The van der Waals surface area contributed by atoms with Crippen LogP contribution in [0.4, 0.5) is 11.4 Å². The highest BCUT2D eigenvalue weighted by atomic mass is 35.5. The number of nitrogens with one attached hydrogen (secondary N) is 2. The quantitative estimate of drug-likeness (QED) is 0.546. The summed E-state index contributed by atoms with van der Waals surface area (Å²) in [6.07, 6.45) is -0.0933. The monoisotopic (exact) mass is 401 g/mol. The lowest BCUT2D eigenvalue weighted by Crippen LogP contribution is -2.32. The molecular weight excluding hydrogens is 389 g/mol. The van der Waals surface area contributed by atoms with Crippen LogP contribution in [0.3, 0.4) is 0 Å². The van der Waals surface area contributed by atoms with Crippen LogP contribution in [-0.4, -0.2) is 46.4 Å². The van der Waals surface area contributed by atoms with Crippen molar-refractivity contribution >= 4 is 64.2 Å². The predicted octanol–water partition coefficient (Wildman–Crippen LogP) is 1.26. The van der Waals surface area contributed by atoms with Gasteiger partial charge in [-0.1, -0.05) is 0 Å². The highest BCUT2D eigenvalue weighted by Crippen LogP contribution is 2.22. The fourth-order valence-electron chi connectivity index (χ4n) is 2.07. The molecular formula is C15H13Cl2N3O6. The molecule has 0 bridgehead atoms. The normalized spacial score (nSPS) is 13.5. The third-order valence-corrected chi connectivity index (χ3v) is 3.64. The molecule has 138 valence electrons. The summed E-state index contributed by atoms with van der Waals surface area (Å²) in [5.74, 6) is -4.02. The molecule has 1 heterocycles. The first-order valence-corrected chi connectivity index (χ1v) is 8.35. The molecule has 4 amide bonds. The summed E-state index contributed by atoms with van der Waals surface area (Å²) in [5.41, 5.74) is 0.179. The molecule has 0 unspecified atom stereocenters. The number of amides is 4. The summed E-state index contributed by atoms with van der Waals surface area (Å²) in [7, 11) is 0. The minimum atomic E-state index is -1.02. The van der Waals surface area contributed by atoms with Crippen LogP contribution >= 0.6 is 23.2 Å². The molecule has 11 heteroatoms. The van der Waals surface area contributed by atoms with E-state index in [-0.39, 0.29) is 41.5 Å². The maximum Gasteiger partial charge on any atom is 0.364 e. The van der Waals surface area contributed by atoms with Gasteiger partial charge in [0.2, 0.25) is 11.8 Å². The van der Waals surface area contributed by atoms with Crippen LogP contribution in [0.15, 0.2) is 18.2 Å². The van der Waals surface area contributed by atoms with Crippen LogP contribution in [0.5, 0.6) is 0 Å². The van der Waals surface area contributed by atoms with Crippen molar-refractivity contribution in [3.8, 4) is 0 Å². The Labute approximate surface area is 157 Å². The van der Waals surface area contributed by atoms with Crippen molar-refractivity contribution in [2.24, 2.45) is 0 Å². The van der Waals surface area contributed by atoms with Crippen molar-refractivity contribution in [1.82, 2.24) is 5.06 Å². The number of imide groups is 1. The molecule has 0 aromatic heterocycles. The van der Waals surface area contributed by atoms with Gasteiger partial charge in [-0.15, -0.1) is 28.3 Å². The number of carbonyl (C=O) groups is 5. The number of hydrogen-bond acceptors (Lipinski definition) is 6. The number of rotatable bonds is 6. The maximum absolute atomic E-state index is 12.3. The molecule has 0 saturated carbocycles. The minimum absolute atomic E-state index is 0.0467. The second kappa shape index (κ2) is 8.63. The molecule has 1 aromatic rings. The van der Waals surface area contributed by atoms with Gasteiger partial charge in [-0.05, 0) is 18.2 Å². The molecule has 26 heavy (non-hydrogen) atoms. The van der Waals surface area contributed by atoms with Crippen LogP contribution < -0.4 is 10.6 Å². The van der Waals surface area contributed by atoms with Gasteiger partial charge in [-0.2, -0.15) is 0 Å². The molecule has 9 nitrogen and oxygen atoms in total. The lowest BCUT2D eigenvalue weighted by Gasteiger charge is -2.14. The molecule has 0 radical (unpaired) electrons. The summed E-state index contributed by atoms with van der Waals surface area (Å²) in [6, 6.07) is 3.86. The van der Waals surface area contributed by atoms with E-state index in [0.29, 0.717) is 5.06 Å². The highest BCUT2D eigenvalue weighted by molar-refractivity contribution is 6.29. The van der Waals surface area contributed by atoms with Crippen LogP contribution in [0, 0.1) is 0 Å². The molecule has 0 atom stereocenters. The van der Waals surface area contributed by atoms with Crippen molar-refractivity contribution in [1.29, 1.82) is 0 Å². The summed E-state index contributed by atoms with van der Waals surface area (Å²) in [4.78, 5) is 63.1. The SMILES string of the molecule is O=C(CCl)Nc1cc(NC(=O)CCl)cc(C(=O)ON2C(=O)CCC2=O)c1. The smallest absolute Gasteiger partial charge is 0.325 e. The van der Waals surface area contributed by atoms with Gasteiger partial charge in [-0.3, -0.25) is 19.2 Å². The molecule has 0 spiro atoms. The Morgan fingerprint density at radius 3 is 1.81 bits per heavy atom. The number of carbonyl (C=O) groups excluding carboxylic acids is 5. The van der Waals surface area contributed by atoms with Crippen LogP contribution in [0.2, 0.25) is 0 Å². The van der Waals surface area contributed by atoms with Crippen molar-refractivity contribution in [3.05, 3.63) is 23.8 Å². The molecule has 1 fully saturated rings. The maximum atomic E-state index is 12.3. The van der Waals surface area contributed by atoms with E-state index in [0.717, 1.165) is 0 Å². The second-order valence-corrected chi connectivity index (χ2v) is 5.66. The first-order valence-electron chi connectivity index (χ1n) is 7.29. The van der Waals surface area contributed by atoms with E-state index in [1.54, 1.807) is 0 Å². The topological polar surface area (TPSA) is 122 Å². The van der Waals surface area contributed by atoms with E-state index in [1.165, 1.54) is 18.2 Å². The van der Waals surface area contributed by atoms with Crippen molar-refractivity contribution in [2.45, 2.75) is 12.8 Å². The Kier molecular flexibility index (Phi) is 6.53. The summed E-state index contributed by atoms with van der Waals surface area (Å²) in [6.45, 7) is 0. The van der Waals surface area contributed by atoms with Crippen molar-refractivity contribution < 1.29 is 28.8 Å². The van der Waals surface area contributed by atoms with Gasteiger partial charge in [0.25, 0.3) is 11.8 Å².